The van der Waals surface area contributed by atoms with Crippen LogP contribution in [0.2, 0.25) is 0 Å². The van der Waals surface area contributed by atoms with Crippen molar-refractivity contribution in [3.63, 3.8) is 0 Å². The maximum atomic E-state index is 14.5. The molecule has 0 bridgehead atoms. The summed E-state index contributed by atoms with van der Waals surface area (Å²) in [5.41, 5.74) is 8.24. The van der Waals surface area contributed by atoms with Crippen molar-refractivity contribution in [2.75, 3.05) is 24.1 Å². The highest BCUT2D eigenvalue weighted by atomic mass is 19.1. The molecule has 3 aromatic rings. The van der Waals surface area contributed by atoms with Crippen molar-refractivity contribution in [2.24, 2.45) is 0 Å². The summed E-state index contributed by atoms with van der Waals surface area (Å²) in [5, 5.41) is 3.95. The number of piperidine rings is 1. The Kier molecular flexibility index (Phi) is 6.78. The summed E-state index contributed by atoms with van der Waals surface area (Å²) in [7, 11) is 0. The summed E-state index contributed by atoms with van der Waals surface area (Å²) in [5.74, 6) is -0.0416. The van der Waals surface area contributed by atoms with Gasteiger partial charge in [0, 0.05) is 41.8 Å². The number of hydrogen-bond donors (Lipinski definition) is 2. The van der Waals surface area contributed by atoms with Crippen LogP contribution in [0.5, 0.6) is 0 Å². The fourth-order valence-corrected chi connectivity index (χ4v) is 4.28. The predicted octanol–water partition coefficient (Wildman–Crippen LogP) is 5.34. The molecule has 0 saturated carbocycles. The van der Waals surface area contributed by atoms with E-state index in [1.165, 1.54) is 11.0 Å². The molecule has 0 aliphatic carbocycles. The number of aryl methyl sites for hydroxylation is 1. The van der Waals surface area contributed by atoms with Gasteiger partial charge in [-0.1, -0.05) is 6.92 Å². The molecule has 2 aromatic carbocycles. The number of nitrogen functional groups attached to an aromatic ring is 1. The Hall–Kier alpha value is -3.49. The first-order chi connectivity index (χ1) is 16.5. The van der Waals surface area contributed by atoms with Gasteiger partial charge in [-0.05, 0) is 68.7 Å². The van der Waals surface area contributed by atoms with Gasteiger partial charge in [-0.3, -0.25) is 0 Å². The number of ether oxygens (including phenoxy) is 1. The van der Waals surface area contributed by atoms with Crippen LogP contribution in [0.1, 0.15) is 39.7 Å². The quantitative estimate of drug-likeness (QED) is 0.487. The topological polar surface area (TPSA) is 93.4 Å². The molecule has 9 heteroatoms. The average Bonchev–Trinajstić information content (AvgIpc) is 2.77. The third-order valence-corrected chi connectivity index (χ3v) is 5.83. The lowest BCUT2D eigenvalue weighted by Gasteiger charge is -2.36. The van der Waals surface area contributed by atoms with E-state index in [9.17, 15) is 13.6 Å². The maximum Gasteiger partial charge on any atom is 0.410 e. The van der Waals surface area contributed by atoms with E-state index in [0.717, 1.165) is 22.0 Å². The van der Waals surface area contributed by atoms with E-state index in [2.05, 4.69) is 15.3 Å². The van der Waals surface area contributed by atoms with E-state index in [-0.39, 0.29) is 25.6 Å². The van der Waals surface area contributed by atoms with Crippen LogP contribution in [0.4, 0.5) is 25.2 Å². The number of fused-ring (bicyclic) bond motifs is 1. The summed E-state index contributed by atoms with van der Waals surface area (Å²) < 4.78 is 34.4. The van der Waals surface area contributed by atoms with Crippen molar-refractivity contribution in [2.45, 2.75) is 58.4 Å². The summed E-state index contributed by atoms with van der Waals surface area (Å²) in [6.07, 6.45) is 0.861. The monoisotopic (exact) mass is 483 g/mol. The SMILES string of the molecule is CCc1cc(-c2ccc(N)cc2F)cc2cnc(N[C@H]3C[C@H](F)CN(C(=O)OC(C)(C)C)C3)nc12. The van der Waals surface area contributed by atoms with Crippen molar-refractivity contribution >= 4 is 28.6 Å². The molecule has 1 aliphatic heterocycles. The van der Waals surface area contributed by atoms with Gasteiger partial charge in [0.15, 0.2) is 0 Å². The molecule has 0 spiro atoms. The number of amides is 1. The molecule has 2 atom stereocenters. The van der Waals surface area contributed by atoms with E-state index in [4.69, 9.17) is 10.5 Å². The van der Waals surface area contributed by atoms with Crippen LogP contribution in [-0.4, -0.2) is 51.9 Å². The molecule has 1 amide bonds. The number of halogens is 2. The van der Waals surface area contributed by atoms with Crippen LogP contribution in [0.15, 0.2) is 36.5 Å². The lowest BCUT2D eigenvalue weighted by atomic mass is 9.98. The number of anilines is 2. The zero-order valence-electron chi connectivity index (χ0n) is 20.4. The molecule has 0 radical (unpaired) electrons. The van der Waals surface area contributed by atoms with Crippen molar-refractivity contribution in [1.29, 1.82) is 0 Å². The number of alkyl halides is 1. The minimum atomic E-state index is -1.18. The van der Waals surface area contributed by atoms with Crippen molar-refractivity contribution in [3.05, 3.63) is 47.9 Å². The Balaban J connectivity index is 1.58. The molecule has 1 aliphatic rings. The largest absolute Gasteiger partial charge is 0.444 e. The second-order valence-corrected chi connectivity index (χ2v) is 9.92. The lowest BCUT2D eigenvalue weighted by Crippen LogP contribution is -2.51. The van der Waals surface area contributed by atoms with Crippen LogP contribution in [0.25, 0.3) is 22.0 Å². The number of carbonyl (C=O) groups excluding carboxylic acids is 1. The maximum absolute atomic E-state index is 14.5. The number of benzene rings is 2. The second-order valence-electron chi connectivity index (χ2n) is 9.92. The summed E-state index contributed by atoms with van der Waals surface area (Å²) >= 11 is 0. The van der Waals surface area contributed by atoms with E-state index in [1.54, 1.807) is 39.1 Å². The van der Waals surface area contributed by atoms with Crippen molar-refractivity contribution in [1.82, 2.24) is 14.9 Å². The summed E-state index contributed by atoms with van der Waals surface area (Å²) in [4.78, 5) is 22.9. The van der Waals surface area contributed by atoms with Crippen molar-refractivity contribution in [3.8, 4) is 11.1 Å². The lowest BCUT2D eigenvalue weighted by molar-refractivity contribution is 0.0124. The third kappa shape index (κ3) is 5.78. The molecule has 35 heavy (non-hydrogen) atoms. The van der Waals surface area contributed by atoms with Gasteiger partial charge >= 0.3 is 6.09 Å². The second kappa shape index (κ2) is 9.64. The number of rotatable bonds is 4. The van der Waals surface area contributed by atoms with E-state index in [0.29, 0.717) is 23.6 Å². The Labute approximate surface area is 203 Å². The number of aromatic nitrogens is 2. The van der Waals surface area contributed by atoms with Gasteiger partial charge in [0.1, 0.15) is 17.6 Å². The molecule has 4 rings (SSSR count). The molecule has 2 heterocycles. The summed E-state index contributed by atoms with van der Waals surface area (Å²) in [6.45, 7) is 7.61. The van der Waals surface area contributed by atoms with Gasteiger partial charge in [-0.25, -0.2) is 23.5 Å². The Morgan fingerprint density at radius 3 is 2.71 bits per heavy atom. The number of hydrogen-bond acceptors (Lipinski definition) is 6. The van der Waals surface area contributed by atoms with Gasteiger partial charge in [-0.15, -0.1) is 0 Å². The van der Waals surface area contributed by atoms with Crippen LogP contribution in [-0.2, 0) is 11.2 Å². The normalized spacial score (nSPS) is 18.5. The molecule has 7 nitrogen and oxygen atoms in total. The minimum Gasteiger partial charge on any atom is -0.444 e. The zero-order chi connectivity index (χ0) is 25.3. The highest BCUT2D eigenvalue weighted by Gasteiger charge is 2.33. The van der Waals surface area contributed by atoms with Gasteiger partial charge in [-0.2, -0.15) is 0 Å². The highest BCUT2D eigenvalue weighted by Crippen LogP contribution is 2.30. The van der Waals surface area contributed by atoms with Gasteiger partial charge in [0.25, 0.3) is 0 Å². The minimum absolute atomic E-state index is 0.00384. The highest BCUT2D eigenvalue weighted by molar-refractivity contribution is 5.88. The smallest absolute Gasteiger partial charge is 0.410 e. The standard InChI is InChI=1S/C26H31F2N5O2/c1-5-15-8-16(21-7-6-19(29)11-22(21)28)9-17-12-30-24(32-23(15)17)31-20-10-18(27)13-33(14-20)25(34)35-26(2,3)4/h6-9,11-12,18,20H,5,10,13-14,29H2,1-4H3,(H,30,31,32)/t18-,20-/m0/s1. The van der Waals surface area contributed by atoms with Gasteiger partial charge in [0.2, 0.25) is 5.95 Å². The Morgan fingerprint density at radius 2 is 2.03 bits per heavy atom. The van der Waals surface area contributed by atoms with Crippen molar-refractivity contribution < 1.29 is 18.3 Å². The first-order valence-corrected chi connectivity index (χ1v) is 11.8. The molecule has 1 aromatic heterocycles. The first-order valence-electron chi connectivity index (χ1n) is 11.8. The molecular formula is C26H31F2N5O2. The van der Waals surface area contributed by atoms with Crippen LogP contribution in [0, 0.1) is 5.82 Å². The van der Waals surface area contributed by atoms with Crippen LogP contribution < -0.4 is 11.1 Å². The molecule has 186 valence electrons. The fourth-order valence-electron chi connectivity index (χ4n) is 4.28. The number of carbonyl (C=O) groups is 1. The average molecular weight is 484 g/mol. The Morgan fingerprint density at radius 1 is 1.26 bits per heavy atom. The van der Waals surface area contributed by atoms with Gasteiger partial charge in [0.05, 0.1) is 12.1 Å². The molecule has 3 N–H and O–H groups in total. The first kappa shape index (κ1) is 24.6. The van der Waals surface area contributed by atoms with Crippen LogP contribution in [0.3, 0.4) is 0 Å². The van der Waals surface area contributed by atoms with E-state index >= 15 is 0 Å². The zero-order valence-corrected chi connectivity index (χ0v) is 20.4. The van der Waals surface area contributed by atoms with Gasteiger partial charge < -0.3 is 20.7 Å². The summed E-state index contributed by atoms with van der Waals surface area (Å²) in [6, 6.07) is 8.02. The van der Waals surface area contributed by atoms with E-state index < -0.39 is 23.7 Å². The third-order valence-electron chi connectivity index (χ3n) is 5.83. The number of nitrogens with zero attached hydrogens (tertiary/aromatic N) is 3. The molecular weight excluding hydrogens is 452 g/mol. The number of nitrogens with one attached hydrogen (secondary N) is 1. The molecule has 0 unspecified atom stereocenters. The number of nitrogens with two attached hydrogens (primary N) is 1. The number of likely N-dealkylation sites (tertiary alicyclic amines) is 1. The van der Waals surface area contributed by atoms with E-state index in [1.807, 2.05) is 19.1 Å². The fraction of sp³-hybridized carbons (Fsp3) is 0.423. The molecule has 1 fully saturated rings. The predicted molar refractivity (Wildman–Crippen MR) is 133 cm³/mol. The van der Waals surface area contributed by atoms with Crippen LogP contribution >= 0.6 is 0 Å². The Bertz CT molecular complexity index is 1240. The molecule has 1 saturated heterocycles.